The summed E-state index contributed by atoms with van der Waals surface area (Å²) in [6.07, 6.45) is 7.23. The number of unbranched alkanes of at least 4 members (excludes halogenated alkanes) is 1. The van der Waals surface area contributed by atoms with E-state index in [0.717, 1.165) is 19.3 Å². The standard InChI is InChI=1S/C20H22BN3O3/c1-2-3-8-24-9-12-16(20(24)27)18(23)13(10-25)15(17(12)22)19(26)11-6-4-5-7-14(11)21/h6-7,10H,2-5,8-9,22-23H2,1H3. The molecule has 27 heavy (non-hydrogen) atoms. The van der Waals surface area contributed by atoms with Gasteiger partial charge < -0.3 is 16.4 Å². The van der Waals surface area contributed by atoms with E-state index in [2.05, 4.69) is 0 Å². The van der Waals surface area contributed by atoms with Crippen LogP contribution in [0.4, 0.5) is 11.4 Å². The second-order valence-electron chi connectivity index (χ2n) is 6.85. The van der Waals surface area contributed by atoms with Crippen LogP contribution in [0.2, 0.25) is 0 Å². The van der Waals surface area contributed by atoms with Crippen molar-refractivity contribution in [3.05, 3.63) is 45.5 Å². The highest BCUT2D eigenvalue weighted by molar-refractivity contribution is 6.33. The first kappa shape index (κ1) is 19.0. The highest BCUT2D eigenvalue weighted by atomic mass is 16.2. The van der Waals surface area contributed by atoms with E-state index >= 15 is 0 Å². The van der Waals surface area contributed by atoms with E-state index in [4.69, 9.17) is 19.3 Å². The lowest BCUT2D eigenvalue weighted by molar-refractivity contribution is 0.0777. The summed E-state index contributed by atoms with van der Waals surface area (Å²) in [6, 6.07) is 0. The third kappa shape index (κ3) is 3.07. The summed E-state index contributed by atoms with van der Waals surface area (Å²) in [5, 5.41) is 0. The van der Waals surface area contributed by atoms with Crippen LogP contribution < -0.4 is 11.5 Å². The first-order valence-corrected chi connectivity index (χ1v) is 9.11. The molecule has 1 aromatic rings. The number of anilines is 2. The molecule has 0 saturated heterocycles. The maximum Gasteiger partial charge on any atom is 0.256 e. The fourth-order valence-electron chi connectivity index (χ4n) is 3.64. The molecule has 0 bridgehead atoms. The van der Waals surface area contributed by atoms with E-state index in [1.165, 1.54) is 0 Å². The van der Waals surface area contributed by atoms with Gasteiger partial charge >= 0.3 is 0 Å². The van der Waals surface area contributed by atoms with E-state index in [0.29, 0.717) is 35.9 Å². The van der Waals surface area contributed by atoms with Crippen molar-refractivity contribution >= 4 is 37.2 Å². The van der Waals surface area contributed by atoms with Crippen molar-refractivity contribution in [1.82, 2.24) is 4.90 Å². The minimum absolute atomic E-state index is 0.0144. The Morgan fingerprint density at radius 2 is 1.96 bits per heavy atom. The predicted octanol–water partition coefficient (Wildman–Crippen LogP) is 2.37. The van der Waals surface area contributed by atoms with Crippen molar-refractivity contribution in [2.75, 3.05) is 18.0 Å². The third-order valence-corrected chi connectivity index (χ3v) is 5.14. The largest absolute Gasteiger partial charge is 0.398 e. The monoisotopic (exact) mass is 363 g/mol. The van der Waals surface area contributed by atoms with E-state index in [-0.39, 0.29) is 40.5 Å². The molecule has 138 valence electrons. The van der Waals surface area contributed by atoms with E-state index < -0.39 is 5.78 Å². The van der Waals surface area contributed by atoms with Gasteiger partial charge in [-0.15, -0.1) is 0 Å². The number of ketones is 1. The zero-order chi connectivity index (χ0) is 19.7. The number of nitrogens with two attached hydrogens (primary N) is 2. The van der Waals surface area contributed by atoms with E-state index in [1.54, 1.807) is 17.1 Å². The number of Topliss-reactive ketones (excluding diaryl/α,β-unsaturated/α-hetero) is 1. The third-order valence-electron chi connectivity index (χ3n) is 5.14. The number of nitrogens with zero attached hydrogens (tertiary/aromatic N) is 1. The Morgan fingerprint density at radius 1 is 1.26 bits per heavy atom. The predicted molar refractivity (Wildman–Crippen MR) is 106 cm³/mol. The van der Waals surface area contributed by atoms with Crippen molar-refractivity contribution in [2.45, 2.75) is 39.2 Å². The van der Waals surface area contributed by atoms with Gasteiger partial charge in [0.1, 0.15) is 7.85 Å². The van der Waals surface area contributed by atoms with Gasteiger partial charge in [0, 0.05) is 29.9 Å². The summed E-state index contributed by atoms with van der Waals surface area (Å²) < 4.78 is 0. The number of hydrogen-bond acceptors (Lipinski definition) is 5. The summed E-state index contributed by atoms with van der Waals surface area (Å²) in [5.74, 6) is -0.682. The molecule has 1 heterocycles. The molecule has 3 rings (SSSR count). The second kappa shape index (κ2) is 7.43. The molecule has 2 aliphatic rings. The molecular weight excluding hydrogens is 341 g/mol. The van der Waals surface area contributed by atoms with Crippen LogP contribution in [0.15, 0.2) is 23.2 Å². The Hall–Kier alpha value is -2.83. The Balaban J connectivity index is 2.13. The first-order chi connectivity index (χ1) is 12.9. The van der Waals surface area contributed by atoms with Gasteiger partial charge in [-0.05, 0) is 19.3 Å². The average Bonchev–Trinajstić information content (AvgIpc) is 2.99. The Bertz CT molecular complexity index is 902. The average molecular weight is 363 g/mol. The SMILES string of the molecule is [B]C1=CCCC=C1C(=O)c1c(N)c2c(c(N)c1C=O)C(=O)N(CCCC)C2. The molecule has 0 unspecified atom stereocenters. The molecule has 2 radical (unpaired) electrons. The van der Waals surface area contributed by atoms with Gasteiger partial charge in [0.05, 0.1) is 22.4 Å². The van der Waals surface area contributed by atoms with Crippen molar-refractivity contribution in [3.63, 3.8) is 0 Å². The summed E-state index contributed by atoms with van der Waals surface area (Å²) in [4.78, 5) is 39.2. The number of allylic oxidation sites excluding steroid dienone is 4. The van der Waals surface area contributed by atoms with Gasteiger partial charge in [0.2, 0.25) is 0 Å². The fourth-order valence-corrected chi connectivity index (χ4v) is 3.64. The van der Waals surface area contributed by atoms with Gasteiger partial charge in [0.25, 0.3) is 5.91 Å². The first-order valence-electron chi connectivity index (χ1n) is 9.11. The number of rotatable bonds is 6. The number of fused-ring (bicyclic) bond motifs is 1. The lowest BCUT2D eigenvalue weighted by Gasteiger charge is -2.18. The minimum Gasteiger partial charge on any atom is -0.398 e. The molecule has 0 aromatic heterocycles. The molecule has 1 aromatic carbocycles. The van der Waals surface area contributed by atoms with Crippen LogP contribution in [0.3, 0.4) is 0 Å². The molecule has 1 aliphatic heterocycles. The topological polar surface area (TPSA) is 106 Å². The smallest absolute Gasteiger partial charge is 0.256 e. The van der Waals surface area contributed by atoms with Crippen LogP contribution in [-0.2, 0) is 6.54 Å². The Morgan fingerprint density at radius 3 is 2.59 bits per heavy atom. The summed E-state index contributed by atoms with van der Waals surface area (Å²) in [6.45, 7) is 2.89. The fraction of sp³-hybridized carbons (Fsp3) is 0.350. The number of amides is 1. The number of hydrogen-bond donors (Lipinski definition) is 2. The van der Waals surface area contributed by atoms with Crippen molar-refractivity contribution in [2.24, 2.45) is 0 Å². The molecule has 4 N–H and O–H groups in total. The zero-order valence-electron chi connectivity index (χ0n) is 15.4. The minimum atomic E-state index is -0.433. The highest BCUT2D eigenvalue weighted by Crippen LogP contribution is 2.39. The van der Waals surface area contributed by atoms with Crippen molar-refractivity contribution < 1.29 is 14.4 Å². The number of carbonyl (C=O) groups excluding carboxylic acids is 3. The zero-order valence-corrected chi connectivity index (χ0v) is 15.4. The summed E-state index contributed by atoms with van der Waals surface area (Å²) in [7, 11) is 5.96. The van der Waals surface area contributed by atoms with E-state index in [1.807, 2.05) is 6.92 Å². The Kier molecular flexibility index (Phi) is 5.21. The summed E-state index contributed by atoms with van der Waals surface area (Å²) in [5.41, 5.74) is 14.0. The van der Waals surface area contributed by atoms with Gasteiger partial charge in [0.15, 0.2) is 12.1 Å². The molecule has 0 atom stereocenters. The summed E-state index contributed by atoms with van der Waals surface area (Å²) >= 11 is 0. The van der Waals surface area contributed by atoms with Gasteiger partial charge in [-0.3, -0.25) is 14.4 Å². The molecule has 1 aliphatic carbocycles. The van der Waals surface area contributed by atoms with Crippen molar-refractivity contribution in [1.29, 1.82) is 0 Å². The van der Waals surface area contributed by atoms with E-state index in [9.17, 15) is 14.4 Å². The highest BCUT2D eigenvalue weighted by Gasteiger charge is 2.36. The van der Waals surface area contributed by atoms with Gasteiger partial charge in [-0.2, -0.15) is 0 Å². The molecule has 7 heteroatoms. The lowest BCUT2D eigenvalue weighted by Crippen LogP contribution is -2.25. The van der Waals surface area contributed by atoms with Crippen LogP contribution in [-0.4, -0.2) is 37.3 Å². The maximum absolute atomic E-state index is 13.1. The van der Waals surface area contributed by atoms with Crippen LogP contribution in [0.25, 0.3) is 0 Å². The second-order valence-corrected chi connectivity index (χ2v) is 6.85. The normalized spacial score (nSPS) is 16.0. The van der Waals surface area contributed by atoms with Crippen LogP contribution in [0.5, 0.6) is 0 Å². The van der Waals surface area contributed by atoms with Crippen LogP contribution >= 0.6 is 0 Å². The van der Waals surface area contributed by atoms with Crippen LogP contribution in [0.1, 0.15) is 69.2 Å². The Labute approximate surface area is 159 Å². The molecular formula is C20H22BN3O3. The number of nitrogen functional groups attached to an aromatic ring is 2. The van der Waals surface area contributed by atoms with Crippen molar-refractivity contribution in [3.8, 4) is 0 Å². The maximum atomic E-state index is 13.1. The lowest BCUT2D eigenvalue weighted by atomic mass is 9.78. The molecule has 6 nitrogen and oxygen atoms in total. The van der Waals surface area contributed by atoms with Gasteiger partial charge in [-0.25, -0.2) is 0 Å². The van der Waals surface area contributed by atoms with Gasteiger partial charge in [-0.1, -0.05) is 31.0 Å². The number of carbonyl (C=O) groups is 3. The molecule has 1 amide bonds. The quantitative estimate of drug-likeness (QED) is 0.349. The number of aldehydes is 1. The molecule has 0 saturated carbocycles. The molecule has 0 fully saturated rings. The molecule has 0 spiro atoms. The number of benzene rings is 1. The van der Waals surface area contributed by atoms with Crippen LogP contribution in [0, 0.1) is 0 Å².